The Labute approximate surface area is 280 Å². The van der Waals surface area contributed by atoms with Crippen LogP contribution in [-0.2, 0) is 41.7 Å². The second-order valence-electron chi connectivity index (χ2n) is 13.1. The fraction of sp³-hybridized carbons (Fsp3) is 0.486. The number of hydrogen-bond acceptors (Lipinski definition) is 9. The van der Waals surface area contributed by atoms with Crippen molar-refractivity contribution in [3.8, 4) is 0 Å². The predicted octanol–water partition coefficient (Wildman–Crippen LogP) is 3.79. The van der Waals surface area contributed by atoms with E-state index in [9.17, 15) is 24.0 Å². The van der Waals surface area contributed by atoms with Crippen molar-refractivity contribution >= 4 is 46.4 Å². The number of fused-ring (bicyclic) bond motifs is 2. The number of benzene rings is 2. The highest BCUT2D eigenvalue weighted by Gasteiger charge is 2.32. The average molecular weight is 663 g/mol. The van der Waals surface area contributed by atoms with E-state index >= 15 is 0 Å². The number of amides is 3. The maximum atomic E-state index is 13.6. The molecule has 258 valence electrons. The molecule has 0 unspecified atom stereocenters. The number of para-hydroxylation sites is 2. The molecular weight excluding hydrogens is 616 g/mol. The first-order valence-corrected chi connectivity index (χ1v) is 16.2. The lowest BCUT2D eigenvalue weighted by molar-refractivity contribution is -0.155. The monoisotopic (exact) mass is 662 g/mol. The summed E-state index contributed by atoms with van der Waals surface area (Å²) < 4.78 is 10.1. The predicted molar refractivity (Wildman–Crippen MR) is 180 cm³/mol. The second-order valence-corrected chi connectivity index (χ2v) is 13.1. The Bertz CT molecular complexity index is 1610. The molecule has 0 saturated heterocycles. The number of methoxy groups -OCH3 is 1. The van der Waals surface area contributed by atoms with Crippen molar-refractivity contribution in [1.29, 1.82) is 0 Å². The Morgan fingerprint density at radius 2 is 1.88 bits per heavy atom. The summed E-state index contributed by atoms with van der Waals surface area (Å²) in [5.74, 6) is -1.30. The van der Waals surface area contributed by atoms with Crippen LogP contribution in [0.25, 0.3) is 11.0 Å². The van der Waals surface area contributed by atoms with Crippen LogP contribution in [0.4, 0.5) is 5.69 Å². The molecule has 13 heteroatoms. The van der Waals surface area contributed by atoms with Gasteiger partial charge >= 0.3 is 11.9 Å². The number of anilines is 1. The number of nitrogens with zero attached hydrogens (tertiary/aromatic N) is 3. The molecule has 0 spiro atoms. The van der Waals surface area contributed by atoms with Crippen molar-refractivity contribution in [3.63, 3.8) is 0 Å². The molecule has 13 nitrogen and oxygen atoms in total. The lowest BCUT2D eigenvalue weighted by Crippen LogP contribution is -2.43. The summed E-state index contributed by atoms with van der Waals surface area (Å²) in [6, 6.07) is 12.0. The highest BCUT2D eigenvalue weighted by Crippen LogP contribution is 2.27. The minimum atomic E-state index is -0.863. The number of carbonyl (C=O) groups is 5. The van der Waals surface area contributed by atoms with Crippen LogP contribution in [0.2, 0.25) is 0 Å². The standard InChI is InChI=1S/C35H46N6O7/c1-22(12-15-30(42)48-35(2,3)4)32(44)36-16-9-17-41-20-24-18-23(13-14-25(24)37-28(34(41)46)19-31(43)47-6)33(45)40(5)21-29-38-26-10-7-8-11-27(26)39-29/h7-8,10-11,13-14,18,22,28,37H,9,12,15-17,19-21H2,1-6H3,(H,36,44)(H,38,39)/t22-,28+/m0/s1. The first-order valence-electron chi connectivity index (χ1n) is 16.2. The van der Waals surface area contributed by atoms with E-state index in [-0.39, 0.29) is 49.6 Å². The van der Waals surface area contributed by atoms with Crippen molar-refractivity contribution in [2.75, 3.05) is 32.6 Å². The van der Waals surface area contributed by atoms with Crippen molar-refractivity contribution < 1.29 is 33.4 Å². The number of imidazole rings is 1. The van der Waals surface area contributed by atoms with Crippen LogP contribution in [0, 0.1) is 5.92 Å². The fourth-order valence-corrected chi connectivity index (χ4v) is 5.44. The van der Waals surface area contributed by atoms with Gasteiger partial charge in [-0.3, -0.25) is 24.0 Å². The van der Waals surface area contributed by atoms with Crippen molar-refractivity contribution in [1.82, 2.24) is 25.1 Å². The van der Waals surface area contributed by atoms with E-state index in [2.05, 4.69) is 20.6 Å². The van der Waals surface area contributed by atoms with Gasteiger partial charge < -0.3 is 34.9 Å². The van der Waals surface area contributed by atoms with E-state index in [1.165, 1.54) is 7.11 Å². The molecule has 48 heavy (non-hydrogen) atoms. The third kappa shape index (κ3) is 9.79. The zero-order chi connectivity index (χ0) is 35.0. The van der Waals surface area contributed by atoms with Gasteiger partial charge in [-0.1, -0.05) is 19.1 Å². The van der Waals surface area contributed by atoms with Crippen LogP contribution >= 0.6 is 0 Å². The first-order chi connectivity index (χ1) is 22.7. The fourth-order valence-electron chi connectivity index (χ4n) is 5.44. The van der Waals surface area contributed by atoms with E-state index in [4.69, 9.17) is 9.47 Å². The molecule has 2 heterocycles. The van der Waals surface area contributed by atoms with Crippen molar-refractivity contribution in [2.45, 2.75) is 78.1 Å². The first kappa shape index (κ1) is 35.9. The van der Waals surface area contributed by atoms with Crippen molar-refractivity contribution in [3.05, 3.63) is 59.4 Å². The maximum Gasteiger partial charge on any atom is 0.308 e. The molecule has 0 radical (unpaired) electrons. The van der Waals surface area contributed by atoms with Gasteiger partial charge in [-0.15, -0.1) is 0 Å². The van der Waals surface area contributed by atoms with Gasteiger partial charge in [-0.05, 0) is 69.5 Å². The molecule has 0 bridgehead atoms. The van der Waals surface area contributed by atoms with Crippen LogP contribution < -0.4 is 10.6 Å². The van der Waals surface area contributed by atoms with Crippen molar-refractivity contribution in [2.24, 2.45) is 5.92 Å². The third-order valence-corrected chi connectivity index (χ3v) is 7.98. The number of esters is 2. The smallest absolute Gasteiger partial charge is 0.308 e. The number of aromatic nitrogens is 2. The minimum Gasteiger partial charge on any atom is -0.469 e. The molecule has 3 N–H and O–H groups in total. The summed E-state index contributed by atoms with van der Waals surface area (Å²) >= 11 is 0. The lowest BCUT2D eigenvalue weighted by Gasteiger charge is -2.24. The van der Waals surface area contributed by atoms with Crippen LogP contribution in [0.3, 0.4) is 0 Å². The zero-order valence-corrected chi connectivity index (χ0v) is 28.6. The number of H-pyrrole nitrogens is 1. The highest BCUT2D eigenvalue weighted by atomic mass is 16.6. The number of rotatable bonds is 13. The number of carbonyl (C=O) groups excluding carboxylic acids is 5. The normalized spacial score (nSPS) is 15.2. The van der Waals surface area contributed by atoms with Gasteiger partial charge in [0.25, 0.3) is 5.91 Å². The van der Waals surface area contributed by atoms with Crippen LogP contribution in [-0.4, -0.2) is 88.3 Å². The molecule has 1 aliphatic rings. The highest BCUT2D eigenvalue weighted by molar-refractivity contribution is 5.96. The third-order valence-electron chi connectivity index (χ3n) is 7.98. The van der Waals surface area contributed by atoms with E-state index in [1.807, 2.05) is 24.3 Å². The largest absolute Gasteiger partial charge is 0.469 e. The van der Waals surface area contributed by atoms with Gasteiger partial charge in [0.15, 0.2) is 0 Å². The number of nitrogens with one attached hydrogen (secondary N) is 3. The SMILES string of the molecule is COC(=O)C[C@H]1Nc2ccc(C(=O)N(C)Cc3nc4ccccc4[nH]3)cc2CN(CCCNC(=O)[C@@H](C)CCC(=O)OC(C)(C)C)C1=O. The Kier molecular flexibility index (Phi) is 11.8. The van der Waals surface area contributed by atoms with E-state index in [1.54, 1.807) is 62.7 Å². The van der Waals surface area contributed by atoms with Crippen LogP contribution in [0.1, 0.15) is 75.1 Å². The molecule has 1 aliphatic heterocycles. The average Bonchev–Trinajstić information content (AvgIpc) is 3.40. The quantitative estimate of drug-likeness (QED) is 0.183. The summed E-state index contributed by atoms with van der Waals surface area (Å²) in [4.78, 5) is 74.9. The molecule has 0 fully saturated rings. The molecule has 3 aromatic rings. The van der Waals surface area contributed by atoms with Gasteiger partial charge in [-0.25, -0.2) is 4.98 Å². The number of aromatic amines is 1. The van der Waals surface area contributed by atoms with E-state index < -0.39 is 23.5 Å². The zero-order valence-electron chi connectivity index (χ0n) is 28.6. The molecule has 0 aliphatic carbocycles. The Morgan fingerprint density at radius 3 is 2.58 bits per heavy atom. The lowest BCUT2D eigenvalue weighted by atomic mass is 10.0. The summed E-state index contributed by atoms with van der Waals surface area (Å²) in [6.45, 7) is 8.24. The summed E-state index contributed by atoms with van der Waals surface area (Å²) in [5.41, 5.74) is 2.94. The molecule has 1 aromatic heterocycles. The topological polar surface area (TPSA) is 163 Å². The summed E-state index contributed by atoms with van der Waals surface area (Å²) in [7, 11) is 2.97. The van der Waals surface area contributed by atoms with Gasteiger partial charge in [0.1, 0.15) is 17.5 Å². The molecule has 4 rings (SSSR count). The van der Waals surface area contributed by atoms with Gasteiger partial charge in [-0.2, -0.15) is 0 Å². The van der Waals surface area contributed by atoms with Gasteiger partial charge in [0, 0.05) is 50.3 Å². The molecule has 2 atom stereocenters. The molecular formula is C35H46N6O7. The molecule has 3 amide bonds. The summed E-state index contributed by atoms with van der Waals surface area (Å²) in [6.07, 6.45) is 0.785. The Morgan fingerprint density at radius 1 is 1.12 bits per heavy atom. The minimum absolute atomic E-state index is 0.141. The number of ether oxygens (including phenoxy) is 2. The van der Waals surface area contributed by atoms with E-state index in [0.717, 1.165) is 16.6 Å². The maximum absolute atomic E-state index is 13.6. The molecule has 0 saturated carbocycles. The van der Waals surface area contributed by atoms with Crippen LogP contribution in [0.5, 0.6) is 0 Å². The van der Waals surface area contributed by atoms with Crippen LogP contribution in [0.15, 0.2) is 42.5 Å². The summed E-state index contributed by atoms with van der Waals surface area (Å²) in [5, 5.41) is 6.06. The Balaban J connectivity index is 1.39. The second kappa shape index (κ2) is 15.8. The van der Waals surface area contributed by atoms with Gasteiger partial charge in [0.05, 0.1) is 31.1 Å². The number of hydrogen-bond donors (Lipinski definition) is 3. The molecule has 2 aromatic carbocycles. The van der Waals surface area contributed by atoms with Gasteiger partial charge in [0.2, 0.25) is 11.8 Å². The Hall–Kier alpha value is -4.94. The van der Waals surface area contributed by atoms with E-state index in [0.29, 0.717) is 43.0 Å².